The smallest absolute Gasteiger partial charge is 0.515 e. The van der Waals surface area contributed by atoms with Crippen molar-refractivity contribution in [2.75, 3.05) is 0 Å². The Morgan fingerprint density at radius 1 is 0.889 bits per heavy atom. The molecule has 36 heavy (non-hydrogen) atoms. The molecule has 1 unspecified atom stereocenters. The summed E-state index contributed by atoms with van der Waals surface area (Å²) in [4.78, 5) is 0. The number of ether oxygens (including phenoxy) is 2. The molecule has 2 aliphatic heterocycles. The molecular formula is C29H35LiO6. The molecule has 0 saturated heterocycles. The Morgan fingerprint density at radius 3 is 2.22 bits per heavy atom. The molecule has 2 aromatic carbocycles. The molecule has 3 atom stereocenters. The summed E-state index contributed by atoms with van der Waals surface area (Å²) in [6.45, 7) is 9.83. The zero-order valence-electron chi connectivity index (χ0n) is 22.1. The van der Waals surface area contributed by atoms with Gasteiger partial charge in [0.05, 0.1) is 6.10 Å². The summed E-state index contributed by atoms with van der Waals surface area (Å²) in [6, 6.07) is 7.19. The van der Waals surface area contributed by atoms with E-state index in [-0.39, 0.29) is 35.8 Å². The number of hydrogen-bond acceptors (Lipinski definition) is 6. The number of aromatic hydroxyl groups is 2. The van der Waals surface area contributed by atoms with Gasteiger partial charge in [0, 0.05) is 18.1 Å². The number of phenolic OH excluding ortho intramolecular Hbond substituents is 2. The largest absolute Gasteiger partial charge is 1.00 e. The van der Waals surface area contributed by atoms with Crippen LogP contribution in [0.1, 0.15) is 69.7 Å². The van der Waals surface area contributed by atoms with Gasteiger partial charge < -0.3 is 29.9 Å². The standard InChI is InChI=1S/C29H35O6.Li/c1-27(2)23-14-18-10-16(12-21(31)26(18)35-29(23,5)9-8-24(27)32)6-7-17-11-20(30)19-15-25(33)28(3,4)34-22(19)13-17;/h6-7,10-13,24-25,30-33H,8-9,14-15H2,1-5H3;/q-1;+1/b7-6+;/t24-,25?,29-;/m1./s1. The summed E-state index contributed by atoms with van der Waals surface area (Å²) in [5, 5.41) is 42.2. The Hall–Kier alpha value is -2.10. The van der Waals surface area contributed by atoms with Gasteiger partial charge in [-0.05, 0) is 67.2 Å². The van der Waals surface area contributed by atoms with E-state index in [0.29, 0.717) is 42.7 Å². The van der Waals surface area contributed by atoms with Gasteiger partial charge in [-0.25, -0.2) is 0 Å². The number of aliphatic hydroxyl groups excluding tert-OH is 2. The molecule has 0 radical (unpaired) electrons. The Kier molecular flexibility index (Phi) is 6.76. The summed E-state index contributed by atoms with van der Waals surface area (Å²) < 4.78 is 12.3. The molecule has 1 fully saturated rings. The van der Waals surface area contributed by atoms with Gasteiger partial charge >= 0.3 is 18.9 Å². The second kappa shape index (κ2) is 9.03. The first-order chi connectivity index (χ1) is 16.3. The second-order valence-corrected chi connectivity index (χ2v) is 11.6. The van der Waals surface area contributed by atoms with Crippen LogP contribution in [0.3, 0.4) is 0 Å². The SMILES string of the molecule is CC1(C)Oc2cc(/C=C/c3cc(O)c4c(c3)C[C-]3C(C)(C)[C@H](O)CC[C@@]3(C)O4)cc(O)c2CC1O.[Li+]. The van der Waals surface area contributed by atoms with Crippen LogP contribution in [-0.4, -0.2) is 43.8 Å². The van der Waals surface area contributed by atoms with Crippen molar-refractivity contribution in [3.8, 4) is 23.0 Å². The fourth-order valence-corrected chi connectivity index (χ4v) is 5.82. The summed E-state index contributed by atoms with van der Waals surface area (Å²) >= 11 is 0. The third-order valence-electron chi connectivity index (χ3n) is 8.26. The summed E-state index contributed by atoms with van der Waals surface area (Å²) in [7, 11) is 0. The van der Waals surface area contributed by atoms with Gasteiger partial charge in [-0.1, -0.05) is 39.0 Å². The van der Waals surface area contributed by atoms with Crippen molar-refractivity contribution in [2.45, 2.75) is 83.7 Å². The number of rotatable bonds is 2. The first-order valence-corrected chi connectivity index (χ1v) is 12.3. The zero-order chi connectivity index (χ0) is 25.3. The van der Waals surface area contributed by atoms with Crippen LogP contribution in [0.2, 0.25) is 0 Å². The van der Waals surface area contributed by atoms with Crippen molar-refractivity contribution in [3.63, 3.8) is 0 Å². The Bertz CT molecular complexity index is 1200. The molecule has 188 valence electrons. The van der Waals surface area contributed by atoms with Crippen LogP contribution in [0.4, 0.5) is 0 Å². The van der Waals surface area contributed by atoms with Crippen LogP contribution in [0.15, 0.2) is 24.3 Å². The van der Waals surface area contributed by atoms with E-state index in [1.165, 1.54) is 0 Å². The fourth-order valence-electron chi connectivity index (χ4n) is 5.82. The van der Waals surface area contributed by atoms with Crippen molar-refractivity contribution in [2.24, 2.45) is 5.41 Å². The van der Waals surface area contributed by atoms with Gasteiger partial charge in [-0.2, -0.15) is 0 Å². The third-order valence-corrected chi connectivity index (χ3v) is 8.26. The van der Waals surface area contributed by atoms with Gasteiger partial charge in [-0.3, -0.25) is 5.92 Å². The molecule has 4 N–H and O–H groups in total. The van der Waals surface area contributed by atoms with Crippen LogP contribution in [-0.2, 0) is 12.8 Å². The van der Waals surface area contributed by atoms with Crippen LogP contribution < -0.4 is 28.3 Å². The van der Waals surface area contributed by atoms with Crippen molar-refractivity contribution in [3.05, 3.63) is 52.4 Å². The number of aliphatic hydroxyl groups is 2. The Morgan fingerprint density at radius 2 is 1.53 bits per heavy atom. The first kappa shape index (κ1) is 26.9. The van der Waals surface area contributed by atoms with Gasteiger partial charge in [0.15, 0.2) is 11.5 Å². The van der Waals surface area contributed by atoms with E-state index in [0.717, 1.165) is 22.6 Å². The molecule has 1 aliphatic carbocycles. The Labute approximate surface area is 225 Å². The number of hydrogen-bond donors (Lipinski definition) is 4. The van der Waals surface area contributed by atoms with E-state index in [4.69, 9.17) is 9.47 Å². The maximum atomic E-state index is 10.8. The average molecular weight is 487 g/mol. The molecule has 1 saturated carbocycles. The number of fused-ring (bicyclic) bond motifs is 3. The molecule has 6 nitrogen and oxygen atoms in total. The van der Waals surface area contributed by atoms with Gasteiger partial charge in [0.1, 0.15) is 17.1 Å². The zero-order valence-corrected chi connectivity index (χ0v) is 22.1. The summed E-state index contributed by atoms with van der Waals surface area (Å²) in [6.07, 6.45) is 4.97. The quantitative estimate of drug-likeness (QED) is 0.294. The molecule has 0 amide bonds. The van der Waals surface area contributed by atoms with Crippen LogP contribution >= 0.6 is 0 Å². The predicted octanol–water partition coefficient (Wildman–Crippen LogP) is 1.80. The molecule has 0 aromatic heterocycles. The molecule has 0 spiro atoms. The average Bonchev–Trinajstić information content (AvgIpc) is 2.76. The minimum atomic E-state index is -0.737. The van der Waals surface area contributed by atoms with Gasteiger partial charge in [0.2, 0.25) is 0 Å². The van der Waals surface area contributed by atoms with E-state index < -0.39 is 23.4 Å². The maximum absolute atomic E-state index is 10.8. The summed E-state index contributed by atoms with van der Waals surface area (Å²) in [5.74, 6) is 2.42. The van der Waals surface area contributed by atoms with E-state index in [1.54, 1.807) is 12.1 Å². The van der Waals surface area contributed by atoms with E-state index in [2.05, 4.69) is 20.8 Å². The van der Waals surface area contributed by atoms with Gasteiger partial charge in [0.25, 0.3) is 0 Å². The molecule has 3 aliphatic rings. The molecule has 0 bridgehead atoms. The normalized spacial score (nSPS) is 28.2. The van der Waals surface area contributed by atoms with Crippen molar-refractivity contribution < 1.29 is 48.8 Å². The summed E-state index contributed by atoms with van der Waals surface area (Å²) in [5.41, 5.74) is 1.43. The molecular weight excluding hydrogens is 451 g/mol. The fraction of sp³-hybridized carbons (Fsp3) is 0.483. The number of phenols is 2. The van der Waals surface area contributed by atoms with Crippen molar-refractivity contribution in [1.29, 1.82) is 0 Å². The molecule has 2 aromatic rings. The predicted molar refractivity (Wildman–Crippen MR) is 135 cm³/mol. The van der Waals surface area contributed by atoms with Crippen LogP contribution in [0.25, 0.3) is 12.2 Å². The molecule has 5 rings (SSSR count). The molecule has 7 heteroatoms. The third kappa shape index (κ3) is 4.43. The number of benzene rings is 2. The van der Waals surface area contributed by atoms with Gasteiger partial charge in [-0.15, -0.1) is 11.8 Å². The molecule has 2 heterocycles. The maximum Gasteiger partial charge on any atom is 1.00 e. The van der Waals surface area contributed by atoms with Crippen LogP contribution in [0, 0.1) is 11.3 Å². The van der Waals surface area contributed by atoms with Crippen molar-refractivity contribution in [1.82, 2.24) is 0 Å². The monoisotopic (exact) mass is 486 g/mol. The van der Waals surface area contributed by atoms with E-state index in [1.807, 2.05) is 38.1 Å². The van der Waals surface area contributed by atoms with Crippen LogP contribution in [0.5, 0.6) is 23.0 Å². The van der Waals surface area contributed by atoms with E-state index in [9.17, 15) is 20.4 Å². The first-order valence-electron chi connectivity index (χ1n) is 12.3. The minimum Gasteiger partial charge on any atom is -0.515 e. The topological polar surface area (TPSA) is 99.4 Å². The van der Waals surface area contributed by atoms with Crippen molar-refractivity contribution >= 4 is 12.2 Å². The van der Waals surface area contributed by atoms with E-state index >= 15 is 0 Å². The Balaban J connectivity index is 0.00000304. The minimum absolute atomic E-state index is 0. The second-order valence-electron chi connectivity index (χ2n) is 11.6.